The van der Waals surface area contributed by atoms with Crippen LogP contribution in [0.5, 0.6) is 0 Å². The zero-order valence-corrected chi connectivity index (χ0v) is 11.8. The molecule has 110 valence electrons. The standard InChI is InChI=1S/C14H22N4O2/c1-2-20-12-6-8-18(9-7-12)10-11-4-3-5-13(16-11)14(19)17-15/h3-5,12H,2,6-10,15H2,1H3,(H,17,19). The van der Waals surface area contributed by atoms with Gasteiger partial charge in [0.2, 0.25) is 0 Å². The molecular weight excluding hydrogens is 256 g/mol. The third-order valence-corrected chi connectivity index (χ3v) is 3.49. The summed E-state index contributed by atoms with van der Waals surface area (Å²) in [7, 11) is 0. The average molecular weight is 278 g/mol. The van der Waals surface area contributed by atoms with Gasteiger partial charge in [0.15, 0.2) is 0 Å². The van der Waals surface area contributed by atoms with Gasteiger partial charge in [-0.25, -0.2) is 10.8 Å². The molecule has 0 aliphatic carbocycles. The molecule has 1 aromatic heterocycles. The van der Waals surface area contributed by atoms with Gasteiger partial charge in [0.05, 0.1) is 11.8 Å². The fraction of sp³-hybridized carbons (Fsp3) is 0.571. The highest BCUT2D eigenvalue weighted by Gasteiger charge is 2.19. The molecule has 1 aliphatic rings. The van der Waals surface area contributed by atoms with Crippen LogP contribution in [-0.2, 0) is 11.3 Å². The number of ether oxygens (including phenoxy) is 1. The van der Waals surface area contributed by atoms with Crippen molar-refractivity contribution < 1.29 is 9.53 Å². The van der Waals surface area contributed by atoms with E-state index in [0.717, 1.165) is 44.8 Å². The van der Waals surface area contributed by atoms with Crippen molar-refractivity contribution in [1.82, 2.24) is 15.3 Å². The minimum atomic E-state index is -0.359. The maximum absolute atomic E-state index is 11.4. The van der Waals surface area contributed by atoms with E-state index in [1.54, 1.807) is 6.07 Å². The van der Waals surface area contributed by atoms with Crippen molar-refractivity contribution in [3.05, 3.63) is 29.6 Å². The maximum Gasteiger partial charge on any atom is 0.283 e. The third kappa shape index (κ3) is 4.00. The van der Waals surface area contributed by atoms with E-state index in [1.807, 2.05) is 19.1 Å². The van der Waals surface area contributed by atoms with Crippen LogP contribution >= 0.6 is 0 Å². The molecular formula is C14H22N4O2. The van der Waals surface area contributed by atoms with Gasteiger partial charge in [-0.1, -0.05) is 6.07 Å². The fourth-order valence-electron chi connectivity index (χ4n) is 2.47. The summed E-state index contributed by atoms with van der Waals surface area (Å²) in [5.74, 6) is 4.76. The number of pyridine rings is 1. The molecule has 0 aromatic carbocycles. The molecule has 6 nitrogen and oxygen atoms in total. The topological polar surface area (TPSA) is 80.5 Å². The zero-order chi connectivity index (χ0) is 14.4. The number of hydrazine groups is 1. The van der Waals surface area contributed by atoms with Gasteiger partial charge in [-0.15, -0.1) is 0 Å². The van der Waals surface area contributed by atoms with Crippen molar-refractivity contribution >= 4 is 5.91 Å². The lowest BCUT2D eigenvalue weighted by Crippen LogP contribution is -2.37. The van der Waals surface area contributed by atoms with E-state index in [0.29, 0.717) is 11.8 Å². The Morgan fingerprint density at radius 2 is 2.25 bits per heavy atom. The van der Waals surface area contributed by atoms with Crippen molar-refractivity contribution in [3.8, 4) is 0 Å². The number of nitrogens with one attached hydrogen (secondary N) is 1. The molecule has 1 amide bonds. The molecule has 0 bridgehead atoms. The Kier molecular flexibility index (Phi) is 5.46. The second-order valence-corrected chi connectivity index (χ2v) is 4.92. The van der Waals surface area contributed by atoms with E-state index in [-0.39, 0.29) is 5.91 Å². The zero-order valence-electron chi connectivity index (χ0n) is 11.8. The SMILES string of the molecule is CCOC1CCN(Cc2cccc(C(=O)NN)n2)CC1. The third-order valence-electron chi connectivity index (χ3n) is 3.49. The Morgan fingerprint density at radius 1 is 1.50 bits per heavy atom. The number of hydrogen-bond acceptors (Lipinski definition) is 5. The van der Waals surface area contributed by atoms with Gasteiger partial charge in [0.1, 0.15) is 5.69 Å². The molecule has 1 fully saturated rings. The minimum Gasteiger partial charge on any atom is -0.378 e. The van der Waals surface area contributed by atoms with Gasteiger partial charge in [-0.2, -0.15) is 0 Å². The van der Waals surface area contributed by atoms with Crippen molar-refractivity contribution in [2.75, 3.05) is 19.7 Å². The summed E-state index contributed by atoms with van der Waals surface area (Å²) < 4.78 is 5.64. The molecule has 0 spiro atoms. The van der Waals surface area contributed by atoms with Crippen LogP contribution in [0.1, 0.15) is 35.9 Å². The first-order valence-corrected chi connectivity index (χ1v) is 7.03. The van der Waals surface area contributed by atoms with E-state index in [2.05, 4.69) is 15.3 Å². The molecule has 0 atom stereocenters. The van der Waals surface area contributed by atoms with Gasteiger partial charge in [0.25, 0.3) is 5.91 Å². The molecule has 3 N–H and O–H groups in total. The molecule has 0 unspecified atom stereocenters. The molecule has 2 heterocycles. The van der Waals surface area contributed by atoms with Crippen LogP contribution in [0.4, 0.5) is 0 Å². The van der Waals surface area contributed by atoms with E-state index in [1.165, 1.54) is 0 Å². The summed E-state index contributed by atoms with van der Waals surface area (Å²) in [5, 5.41) is 0. The second-order valence-electron chi connectivity index (χ2n) is 4.92. The molecule has 6 heteroatoms. The molecule has 20 heavy (non-hydrogen) atoms. The highest BCUT2D eigenvalue weighted by molar-refractivity contribution is 5.91. The van der Waals surface area contributed by atoms with E-state index in [9.17, 15) is 4.79 Å². The molecule has 0 saturated carbocycles. The van der Waals surface area contributed by atoms with Gasteiger partial charge in [-0.05, 0) is 31.9 Å². The Hall–Kier alpha value is -1.50. The smallest absolute Gasteiger partial charge is 0.283 e. The lowest BCUT2D eigenvalue weighted by Gasteiger charge is -2.31. The van der Waals surface area contributed by atoms with Gasteiger partial charge < -0.3 is 4.74 Å². The Labute approximate surface area is 119 Å². The first-order valence-electron chi connectivity index (χ1n) is 7.03. The number of aromatic nitrogens is 1. The highest BCUT2D eigenvalue weighted by Crippen LogP contribution is 2.15. The highest BCUT2D eigenvalue weighted by atomic mass is 16.5. The lowest BCUT2D eigenvalue weighted by atomic mass is 10.1. The quantitative estimate of drug-likeness (QED) is 0.470. The normalized spacial score (nSPS) is 17.1. The van der Waals surface area contributed by atoms with Gasteiger partial charge in [0, 0.05) is 26.2 Å². The Balaban J connectivity index is 1.89. The number of amides is 1. The number of likely N-dealkylation sites (tertiary alicyclic amines) is 1. The monoisotopic (exact) mass is 278 g/mol. The van der Waals surface area contributed by atoms with Crippen LogP contribution in [0.2, 0.25) is 0 Å². The predicted octanol–water partition coefficient (Wildman–Crippen LogP) is 0.686. The summed E-state index contributed by atoms with van der Waals surface area (Å²) in [6.45, 7) is 5.57. The Bertz CT molecular complexity index is 445. The fourth-order valence-corrected chi connectivity index (χ4v) is 2.47. The summed E-state index contributed by atoms with van der Waals surface area (Å²) in [6, 6.07) is 5.43. The second kappa shape index (κ2) is 7.33. The minimum absolute atomic E-state index is 0.356. The van der Waals surface area contributed by atoms with Crippen molar-refractivity contribution in [3.63, 3.8) is 0 Å². The number of rotatable bonds is 5. The van der Waals surface area contributed by atoms with Crippen LogP contribution in [0.3, 0.4) is 0 Å². The molecule has 0 radical (unpaired) electrons. The first kappa shape index (κ1) is 14.9. The van der Waals surface area contributed by atoms with E-state index < -0.39 is 0 Å². The number of nitrogens with two attached hydrogens (primary N) is 1. The number of piperidine rings is 1. The molecule has 1 aromatic rings. The van der Waals surface area contributed by atoms with Crippen LogP contribution in [0.15, 0.2) is 18.2 Å². The van der Waals surface area contributed by atoms with Crippen molar-refractivity contribution in [1.29, 1.82) is 0 Å². The summed E-state index contributed by atoms with van der Waals surface area (Å²) in [5.41, 5.74) is 3.35. The first-order chi connectivity index (χ1) is 9.72. The summed E-state index contributed by atoms with van der Waals surface area (Å²) in [4.78, 5) is 18.1. The number of carbonyl (C=O) groups excluding carboxylic acids is 1. The van der Waals surface area contributed by atoms with Crippen molar-refractivity contribution in [2.45, 2.75) is 32.4 Å². The van der Waals surface area contributed by atoms with Crippen molar-refractivity contribution in [2.24, 2.45) is 5.84 Å². The summed E-state index contributed by atoms with van der Waals surface area (Å²) in [6.07, 6.45) is 2.49. The van der Waals surface area contributed by atoms with E-state index in [4.69, 9.17) is 10.6 Å². The van der Waals surface area contributed by atoms with Crippen LogP contribution in [0.25, 0.3) is 0 Å². The molecule has 2 rings (SSSR count). The number of nitrogens with zero attached hydrogens (tertiary/aromatic N) is 2. The van der Waals surface area contributed by atoms with Gasteiger partial charge in [-0.3, -0.25) is 15.1 Å². The molecule has 1 aliphatic heterocycles. The van der Waals surface area contributed by atoms with Gasteiger partial charge >= 0.3 is 0 Å². The lowest BCUT2D eigenvalue weighted by molar-refractivity contribution is 0.0122. The number of hydrogen-bond donors (Lipinski definition) is 2. The predicted molar refractivity (Wildman–Crippen MR) is 75.8 cm³/mol. The number of nitrogen functional groups attached to an aromatic ring is 1. The van der Waals surface area contributed by atoms with Crippen LogP contribution in [0, 0.1) is 0 Å². The maximum atomic E-state index is 11.4. The average Bonchev–Trinajstić information content (AvgIpc) is 2.49. The van der Waals surface area contributed by atoms with Crippen LogP contribution in [-0.4, -0.2) is 41.6 Å². The van der Waals surface area contributed by atoms with Crippen LogP contribution < -0.4 is 11.3 Å². The number of carbonyl (C=O) groups is 1. The Morgan fingerprint density at radius 3 is 2.90 bits per heavy atom. The summed E-state index contributed by atoms with van der Waals surface area (Å²) >= 11 is 0. The molecule has 1 saturated heterocycles. The largest absolute Gasteiger partial charge is 0.378 e. The van der Waals surface area contributed by atoms with E-state index >= 15 is 0 Å².